The van der Waals surface area contributed by atoms with Crippen molar-refractivity contribution in [3.63, 3.8) is 0 Å². The predicted molar refractivity (Wildman–Crippen MR) is 59.2 cm³/mol. The summed E-state index contributed by atoms with van der Waals surface area (Å²) in [5.41, 5.74) is 4.49. The van der Waals surface area contributed by atoms with Gasteiger partial charge in [-0.25, -0.2) is 0 Å². The van der Waals surface area contributed by atoms with Crippen molar-refractivity contribution in [1.82, 2.24) is 0 Å². The standard InChI is InChI=1S/C13H15NO/c1-2-9-4-6-14-8-10-5-7-15-13(10)11(3-1)12(9)14/h1-3,10,13H,4-8H2/t10-,13-/m0/s1. The minimum absolute atomic E-state index is 0.397. The third-order valence-corrected chi connectivity index (χ3v) is 4.09. The monoisotopic (exact) mass is 201 g/mol. The molecule has 0 aliphatic carbocycles. The predicted octanol–water partition coefficient (Wildman–Crippen LogP) is 2.14. The van der Waals surface area contributed by atoms with Crippen LogP contribution in [0.15, 0.2) is 18.2 Å². The van der Waals surface area contributed by atoms with Crippen LogP contribution in [0.3, 0.4) is 0 Å². The van der Waals surface area contributed by atoms with Crippen LogP contribution >= 0.6 is 0 Å². The van der Waals surface area contributed by atoms with Crippen LogP contribution in [0.1, 0.15) is 23.7 Å². The van der Waals surface area contributed by atoms with Crippen LogP contribution in [0.4, 0.5) is 5.69 Å². The van der Waals surface area contributed by atoms with Crippen LogP contribution in [0, 0.1) is 5.92 Å². The first-order chi connectivity index (χ1) is 7.43. The summed E-state index contributed by atoms with van der Waals surface area (Å²) in [5, 5.41) is 0. The molecule has 2 heteroatoms. The summed E-state index contributed by atoms with van der Waals surface area (Å²) in [7, 11) is 0. The molecular weight excluding hydrogens is 186 g/mol. The van der Waals surface area contributed by atoms with Crippen molar-refractivity contribution in [1.29, 1.82) is 0 Å². The van der Waals surface area contributed by atoms with Gasteiger partial charge in [0.2, 0.25) is 0 Å². The summed E-state index contributed by atoms with van der Waals surface area (Å²) in [6.07, 6.45) is 2.86. The molecule has 3 heterocycles. The maximum absolute atomic E-state index is 5.89. The summed E-state index contributed by atoms with van der Waals surface area (Å²) in [4.78, 5) is 2.57. The lowest BCUT2D eigenvalue weighted by Crippen LogP contribution is -2.34. The summed E-state index contributed by atoms with van der Waals surface area (Å²) in [5.74, 6) is 0.742. The van der Waals surface area contributed by atoms with E-state index in [0.717, 1.165) is 12.5 Å². The molecule has 0 N–H and O–H groups in total. The highest BCUT2D eigenvalue weighted by Gasteiger charge is 2.40. The average molecular weight is 201 g/mol. The molecule has 0 amide bonds. The first kappa shape index (κ1) is 8.17. The third-order valence-electron chi connectivity index (χ3n) is 4.09. The molecule has 1 aromatic carbocycles. The highest BCUT2D eigenvalue weighted by atomic mass is 16.5. The topological polar surface area (TPSA) is 12.5 Å². The third kappa shape index (κ3) is 0.979. The Hall–Kier alpha value is -1.02. The van der Waals surface area contributed by atoms with E-state index in [9.17, 15) is 0 Å². The molecule has 78 valence electrons. The molecule has 15 heavy (non-hydrogen) atoms. The Labute approximate surface area is 89.8 Å². The number of hydrogen-bond donors (Lipinski definition) is 0. The fraction of sp³-hybridized carbons (Fsp3) is 0.538. The summed E-state index contributed by atoms with van der Waals surface area (Å²) in [6, 6.07) is 6.73. The second kappa shape index (κ2) is 2.76. The van der Waals surface area contributed by atoms with Gasteiger partial charge in [0.15, 0.2) is 0 Å². The van der Waals surface area contributed by atoms with E-state index >= 15 is 0 Å². The normalized spacial score (nSPS) is 31.6. The van der Waals surface area contributed by atoms with Crippen LogP contribution in [0.2, 0.25) is 0 Å². The van der Waals surface area contributed by atoms with Gasteiger partial charge in [-0.2, -0.15) is 0 Å². The molecule has 0 aromatic heterocycles. The van der Waals surface area contributed by atoms with Gasteiger partial charge < -0.3 is 9.64 Å². The van der Waals surface area contributed by atoms with Gasteiger partial charge in [-0.05, 0) is 18.4 Å². The number of fused-ring (bicyclic) bond motifs is 2. The minimum atomic E-state index is 0.397. The lowest BCUT2D eigenvalue weighted by atomic mass is 9.89. The van der Waals surface area contributed by atoms with E-state index in [0.29, 0.717) is 6.10 Å². The first-order valence-corrected chi connectivity index (χ1v) is 5.92. The molecule has 0 radical (unpaired) electrons. The van der Waals surface area contributed by atoms with E-state index < -0.39 is 0 Å². The van der Waals surface area contributed by atoms with Crippen molar-refractivity contribution in [2.45, 2.75) is 18.9 Å². The van der Waals surface area contributed by atoms with Crippen molar-refractivity contribution in [2.75, 3.05) is 24.6 Å². The Morgan fingerprint density at radius 1 is 1.33 bits per heavy atom. The Morgan fingerprint density at radius 3 is 3.33 bits per heavy atom. The van der Waals surface area contributed by atoms with E-state index in [2.05, 4.69) is 23.1 Å². The lowest BCUT2D eigenvalue weighted by molar-refractivity contribution is 0.0890. The average Bonchev–Trinajstić information content (AvgIpc) is 2.87. The van der Waals surface area contributed by atoms with E-state index in [4.69, 9.17) is 4.74 Å². The number of nitrogens with zero attached hydrogens (tertiary/aromatic N) is 1. The Bertz CT molecular complexity index is 415. The van der Waals surface area contributed by atoms with Crippen LogP contribution in [-0.2, 0) is 11.2 Å². The smallest absolute Gasteiger partial charge is 0.0890 e. The summed E-state index contributed by atoms with van der Waals surface area (Å²) >= 11 is 0. The van der Waals surface area contributed by atoms with Gasteiger partial charge >= 0.3 is 0 Å². The number of rotatable bonds is 0. The van der Waals surface area contributed by atoms with Gasteiger partial charge in [0.05, 0.1) is 6.10 Å². The summed E-state index contributed by atoms with van der Waals surface area (Å²) in [6.45, 7) is 3.39. The largest absolute Gasteiger partial charge is 0.373 e. The molecule has 1 saturated heterocycles. The second-order valence-corrected chi connectivity index (χ2v) is 4.89. The van der Waals surface area contributed by atoms with Crippen molar-refractivity contribution in [2.24, 2.45) is 5.92 Å². The second-order valence-electron chi connectivity index (χ2n) is 4.89. The van der Waals surface area contributed by atoms with E-state index in [1.54, 1.807) is 0 Å². The Morgan fingerprint density at radius 2 is 2.33 bits per heavy atom. The molecule has 0 saturated carbocycles. The van der Waals surface area contributed by atoms with Crippen LogP contribution in [0.5, 0.6) is 0 Å². The van der Waals surface area contributed by atoms with E-state index in [1.165, 1.54) is 42.7 Å². The SMILES string of the molecule is c1cc2c3c(c1)[C@H]1OCC[C@H]1CN3CC2. The Balaban J connectivity index is 1.92. The Kier molecular flexibility index (Phi) is 1.50. The van der Waals surface area contributed by atoms with Gasteiger partial charge in [-0.15, -0.1) is 0 Å². The number of ether oxygens (including phenoxy) is 1. The molecule has 2 nitrogen and oxygen atoms in total. The van der Waals surface area contributed by atoms with Gasteiger partial charge in [-0.1, -0.05) is 18.2 Å². The van der Waals surface area contributed by atoms with Gasteiger partial charge in [-0.3, -0.25) is 0 Å². The molecule has 1 aromatic rings. The fourth-order valence-electron chi connectivity index (χ4n) is 3.43. The van der Waals surface area contributed by atoms with Crippen molar-refractivity contribution >= 4 is 5.69 Å². The molecular formula is C13H15NO. The van der Waals surface area contributed by atoms with Crippen molar-refractivity contribution in [3.05, 3.63) is 29.3 Å². The van der Waals surface area contributed by atoms with Gasteiger partial charge in [0.1, 0.15) is 0 Å². The zero-order valence-electron chi connectivity index (χ0n) is 8.78. The number of para-hydroxylation sites is 1. The minimum Gasteiger partial charge on any atom is -0.373 e. The zero-order valence-corrected chi connectivity index (χ0v) is 8.78. The van der Waals surface area contributed by atoms with Crippen LogP contribution in [-0.4, -0.2) is 19.7 Å². The highest BCUT2D eigenvalue weighted by molar-refractivity contribution is 5.66. The summed E-state index contributed by atoms with van der Waals surface area (Å²) < 4.78 is 5.89. The maximum Gasteiger partial charge on any atom is 0.0890 e. The molecule has 0 unspecified atom stereocenters. The van der Waals surface area contributed by atoms with Crippen LogP contribution < -0.4 is 4.90 Å². The van der Waals surface area contributed by atoms with Gasteiger partial charge in [0, 0.05) is 36.9 Å². The molecule has 4 rings (SSSR count). The molecule has 3 aliphatic rings. The van der Waals surface area contributed by atoms with Gasteiger partial charge in [0.25, 0.3) is 0 Å². The van der Waals surface area contributed by atoms with Crippen molar-refractivity contribution in [3.8, 4) is 0 Å². The number of anilines is 1. The number of hydrogen-bond acceptors (Lipinski definition) is 2. The zero-order chi connectivity index (χ0) is 9.83. The quantitative estimate of drug-likeness (QED) is 0.637. The highest BCUT2D eigenvalue weighted by Crippen LogP contribution is 2.47. The molecule has 0 bridgehead atoms. The first-order valence-electron chi connectivity index (χ1n) is 5.92. The van der Waals surface area contributed by atoms with Crippen molar-refractivity contribution < 1.29 is 4.74 Å². The number of benzene rings is 1. The molecule has 0 spiro atoms. The fourth-order valence-corrected chi connectivity index (χ4v) is 3.43. The molecule has 3 aliphatic heterocycles. The van der Waals surface area contributed by atoms with E-state index in [-0.39, 0.29) is 0 Å². The van der Waals surface area contributed by atoms with E-state index in [1.807, 2.05) is 0 Å². The maximum atomic E-state index is 5.89. The molecule has 1 fully saturated rings. The molecule has 2 atom stereocenters. The lowest BCUT2D eigenvalue weighted by Gasteiger charge is -2.34. The van der Waals surface area contributed by atoms with Crippen LogP contribution in [0.25, 0.3) is 0 Å².